The van der Waals surface area contributed by atoms with E-state index in [1.165, 1.54) is 0 Å². The van der Waals surface area contributed by atoms with Gasteiger partial charge in [-0.1, -0.05) is 6.07 Å². The zero-order chi connectivity index (χ0) is 24.7. The number of nitrogens with zero attached hydrogens (tertiary/aromatic N) is 3. The molecule has 0 bridgehead atoms. The zero-order valence-corrected chi connectivity index (χ0v) is 19.7. The minimum Gasteiger partial charge on any atom is -0.493 e. The molecule has 0 aliphatic carbocycles. The zero-order valence-electron chi connectivity index (χ0n) is 19.7. The largest absolute Gasteiger partial charge is 0.493 e. The first-order chi connectivity index (χ1) is 17.7. The van der Waals surface area contributed by atoms with E-state index in [2.05, 4.69) is 15.3 Å². The van der Waals surface area contributed by atoms with E-state index in [9.17, 15) is 0 Å². The molecular formula is C28H25N5O3. The van der Waals surface area contributed by atoms with Gasteiger partial charge in [-0.15, -0.1) is 0 Å². The van der Waals surface area contributed by atoms with Crippen LogP contribution in [0.25, 0.3) is 22.6 Å². The monoisotopic (exact) mass is 479 g/mol. The third-order valence-electron chi connectivity index (χ3n) is 5.58. The first-order valence-corrected chi connectivity index (χ1v) is 11.4. The van der Waals surface area contributed by atoms with Crippen LogP contribution >= 0.6 is 0 Å². The second kappa shape index (κ2) is 10.6. The van der Waals surface area contributed by atoms with Crippen molar-refractivity contribution in [2.24, 2.45) is 0 Å². The van der Waals surface area contributed by atoms with Crippen LogP contribution in [-0.4, -0.2) is 34.1 Å². The van der Waals surface area contributed by atoms with Crippen LogP contribution in [0.1, 0.15) is 5.69 Å². The first-order valence-electron chi connectivity index (χ1n) is 11.4. The molecule has 0 spiro atoms. The maximum atomic E-state index is 8.19. The highest BCUT2D eigenvalue weighted by Crippen LogP contribution is 2.35. The van der Waals surface area contributed by atoms with Crippen LogP contribution in [0.5, 0.6) is 11.5 Å². The molecule has 0 unspecified atom stereocenters. The van der Waals surface area contributed by atoms with Crippen molar-refractivity contribution in [1.29, 1.82) is 5.41 Å². The smallest absolute Gasteiger partial charge is 0.161 e. The van der Waals surface area contributed by atoms with Gasteiger partial charge in [-0.05, 0) is 66.7 Å². The number of amidine groups is 1. The SMILES string of the molecule is COc1cc(-c2ccc(-c3ccc(NC(=N)c4ccccn4)cc3)o2)ccc1OCCn1ccnc1. The molecule has 2 aromatic carbocycles. The van der Waals surface area contributed by atoms with E-state index in [0.29, 0.717) is 30.3 Å². The maximum Gasteiger partial charge on any atom is 0.161 e. The molecule has 180 valence electrons. The number of anilines is 1. The predicted molar refractivity (Wildman–Crippen MR) is 139 cm³/mol. The molecule has 5 aromatic rings. The minimum atomic E-state index is 0.242. The van der Waals surface area contributed by atoms with Crippen LogP contribution < -0.4 is 14.8 Å². The fourth-order valence-electron chi connectivity index (χ4n) is 3.71. The molecule has 0 fully saturated rings. The number of ether oxygens (including phenoxy) is 2. The molecule has 0 atom stereocenters. The topological polar surface area (TPSA) is 98.2 Å². The number of aromatic nitrogens is 3. The van der Waals surface area contributed by atoms with E-state index in [1.54, 1.807) is 31.9 Å². The highest BCUT2D eigenvalue weighted by Gasteiger charge is 2.12. The van der Waals surface area contributed by atoms with E-state index in [0.717, 1.165) is 28.3 Å². The van der Waals surface area contributed by atoms with Crippen LogP contribution in [0.4, 0.5) is 5.69 Å². The Hall–Kier alpha value is -4.85. The number of imidazole rings is 1. The van der Waals surface area contributed by atoms with Gasteiger partial charge in [-0.25, -0.2) is 4.98 Å². The highest BCUT2D eigenvalue weighted by molar-refractivity contribution is 6.04. The molecule has 0 amide bonds. The van der Waals surface area contributed by atoms with Gasteiger partial charge in [0.25, 0.3) is 0 Å². The van der Waals surface area contributed by atoms with Crippen molar-refractivity contribution >= 4 is 11.5 Å². The molecule has 8 nitrogen and oxygen atoms in total. The summed E-state index contributed by atoms with van der Waals surface area (Å²) in [6.45, 7) is 1.20. The van der Waals surface area contributed by atoms with Crippen molar-refractivity contribution in [3.8, 4) is 34.1 Å². The summed E-state index contributed by atoms with van der Waals surface area (Å²) >= 11 is 0. The number of methoxy groups -OCH3 is 1. The third-order valence-corrected chi connectivity index (χ3v) is 5.58. The molecule has 2 N–H and O–H groups in total. The fraction of sp³-hybridized carbons (Fsp3) is 0.107. The lowest BCUT2D eigenvalue weighted by atomic mass is 10.1. The average Bonchev–Trinajstić information content (AvgIpc) is 3.63. The molecular weight excluding hydrogens is 454 g/mol. The molecule has 3 aromatic heterocycles. The van der Waals surface area contributed by atoms with Crippen molar-refractivity contribution in [2.75, 3.05) is 19.0 Å². The Morgan fingerprint density at radius 1 is 0.944 bits per heavy atom. The molecule has 3 heterocycles. The number of pyridine rings is 1. The molecule has 8 heteroatoms. The van der Waals surface area contributed by atoms with Crippen LogP contribution in [-0.2, 0) is 6.54 Å². The molecule has 0 aliphatic heterocycles. The Kier molecular flexibility index (Phi) is 6.75. The van der Waals surface area contributed by atoms with Crippen LogP contribution in [0.15, 0.2) is 102 Å². The van der Waals surface area contributed by atoms with Crippen LogP contribution in [0, 0.1) is 5.41 Å². The predicted octanol–water partition coefficient (Wildman–Crippen LogP) is 5.73. The first kappa shape index (κ1) is 22.9. The Morgan fingerprint density at radius 2 is 1.75 bits per heavy atom. The third kappa shape index (κ3) is 5.28. The van der Waals surface area contributed by atoms with Gasteiger partial charge >= 0.3 is 0 Å². The summed E-state index contributed by atoms with van der Waals surface area (Å²) in [4.78, 5) is 8.23. The lowest BCUT2D eigenvalue weighted by molar-refractivity contribution is 0.280. The summed E-state index contributed by atoms with van der Waals surface area (Å²) < 4.78 is 19.5. The van der Waals surface area contributed by atoms with Crippen LogP contribution in [0.3, 0.4) is 0 Å². The summed E-state index contributed by atoms with van der Waals surface area (Å²) in [5, 5.41) is 11.3. The van der Waals surface area contributed by atoms with Crippen molar-refractivity contribution in [1.82, 2.24) is 14.5 Å². The quantitative estimate of drug-likeness (QED) is 0.207. The van der Waals surface area contributed by atoms with E-state index in [4.69, 9.17) is 19.3 Å². The summed E-state index contributed by atoms with van der Waals surface area (Å²) in [5.41, 5.74) is 3.21. The van der Waals surface area contributed by atoms with E-state index in [-0.39, 0.29) is 5.84 Å². The fourth-order valence-corrected chi connectivity index (χ4v) is 3.71. The van der Waals surface area contributed by atoms with Crippen molar-refractivity contribution in [3.05, 3.63) is 103 Å². The van der Waals surface area contributed by atoms with Gasteiger partial charge in [0.1, 0.15) is 29.7 Å². The number of hydrogen-bond donors (Lipinski definition) is 2. The minimum absolute atomic E-state index is 0.242. The van der Waals surface area contributed by atoms with E-state index in [1.807, 2.05) is 77.5 Å². The van der Waals surface area contributed by atoms with Crippen molar-refractivity contribution in [3.63, 3.8) is 0 Å². The van der Waals surface area contributed by atoms with Gasteiger partial charge in [0, 0.05) is 35.4 Å². The van der Waals surface area contributed by atoms with Crippen molar-refractivity contribution in [2.45, 2.75) is 6.54 Å². The lowest BCUT2D eigenvalue weighted by Gasteiger charge is -2.12. The van der Waals surface area contributed by atoms with Gasteiger partial charge in [0.15, 0.2) is 11.5 Å². The Labute approximate surface area is 208 Å². The molecule has 36 heavy (non-hydrogen) atoms. The Balaban J connectivity index is 1.25. The Morgan fingerprint density at radius 3 is 2.47 bits per heavy atom. The number of rotatable bonds is 9. The summed E-state index contributed by atoms with van der Waals surface area (Å²) in [6.07, 6.45) is 7.07. The number of nitrogens with one attached hydrogen (secondary N) is 2. The second-order valence-electron chi connectivity index (χ2n) is 7.97. The molecule has 0 saturated carbocycles. The second-order valence-corrected chi connectivity index (χ2v) is 7.97. The maximum absolute atomic E-state index is 8.19. The van der Waals surface area contributed by atoms with Gasteiger partial charge in [0.05, 0.1) is 20.0 Å². The molecule has 0 radical (unpaired) electrons. The lowest BCUT2D eigenvalue weighted by Crippen LogP contribution is -2.13. The number of hydrogen-bond acceptors (Lipinski definition) is 6. The van der Waals surface area contributed by atoms with Gasteiger partial charge < -0.3 is 23.8 Å². The van der Waals surface area contributed by atoms with E-state index < -0.39 is 0 Å². The molecule has 0 aliphatic rings. The summed E-state index contributed by atoms with van der Waals surface area (Å²) in [5.74, 6) is 3.03. The number of benzene rings is 2. The van der Waals surface area contributed by atoms with Crippen molar-refractivity contribution < 1.29 is 13.9 Å². The van der Waals surface area contributed by atoms with Crippen LogP contribution in [0.2, 0.25) is 0 Å². The van der Waals surface area contributed by atoms with E-state index >= 15 is 0 Å². The normalized spacial score (nSPS) is 10.7. The summed E-state index contributed by atoms with van der Waals surface area (Å²) in [7, 11) is 1.62. The Bertz CT molecular complexity index is 1430. The number of furan rings is 1. The van der Waals surface area contributed by atoms with Gasteiger partial charge in [-0.2, -0.15) is 0 Å². The van der Waals surface area contributed by atoms with Gasteiger partial charge in [0.2, 0.25) is 0 Å². The molecule has 0 saturated heterocycles. The highest BCUT2D eigenvalue weighted by atomic mass is 16.5. The van der Waals surface area contributed by atoms with Gasteiger partial charge in [-0.3, -0.25) is 10.4 Å². The summed E-state index contributed by atoms with van der Waals surface area (Å²) in [6, 6.07) is 22.8. The molecule has 5 rings (SSSR count). The average molecular weight is 480 g/mol. The standard InChI is InChI=1S/C28H25N5O3/c1-34-27-18-21(7-10-26(27)35-17-16-33-15-14-30-19-33)25-12-11-24(36-25)20-5-8-22(9-6-20)32-28(29)23-4-2-3-13-31-23/h2-15,18-19H,16-17H2,1H3,(H2,29,32).